The highest BCUT2D eigenvalue weighted by atomic mass is 16.6. The molecule has 702 valence electrons. The van der Waals surface area contributed by atoms with Crippen molar-refractivity contribution in [2.75, 3.05) is 39.6 Å². The summed E-state index contributed by atoms with van der Waals surface area (Å²) >= 11 is 0. The Balaban J connectivity index is 1.01. The minimum absolute atomic E-state index is 0.00471. The van der Waals surface area contributed by atoms with Crippen molar-refractivity contribution >= 4 is 35.8 Å². The molecule has 45 nitrogen and oxygen atoms in total. The molecule has 4 heterocycles. The van der Waals surface area contributed by atoms with Crippen molar-refractivity contribution in [3.8, 4) is 0 Å². The summed E-state index contributed by atoms with van der Waals surface area (Å²) in [7, 11) is 0. The standard InChI is InChI=1S/C87H96N12O33/c100-61(43-94-79(118)88(37-31-70(109)127-49-64(103)55-19-7-1-8-20-55)76(115)89(80(94)119)38-32-71(110)128-50-65(104)56-21-9-2-10-22-56)46-97-85(124)98(47-62(101)44-95-81(120)90(39-33-72(111)129-51-66(105)57-23-11-3-12-24-57)77(116)91(82(95)121)40-34-73(112)130-52-67(106)58-25-13-4-14-26-58)87(126)99(86(97)125)48-63(102)45-96-83(122)92(41-35-74(113)131-53-68(107)59-27-15-5-16-28-59)78(117)93(84(96)123)42-36-75(114)132-54-69(108)60-29-17-6-18-30-60/h1-30,61-69,100-108H,31-54H2. The molecule has 0 spiro atoms. The molecule has 6 aromatic carbocycles. The van der Waals surface area contributed by atoms with Crippen LogP contribution in [0.25, 0.3) is 0 Å². The third-order valence-electron chi connectivity index (χ3n) is 20.7. The van der Waals surface area contributed by atoms with E-state index in [2.05, 4.69) is 0 Å². The smallest absolute Gasteiger partial charge is 0.336 e. The average Bonchev–Trinajstić information content (AvgIpc) is 0.792. The molecule has 0 saturated carbocycles. The van der Waals surface area contributed by atoms with Gasteiger partial charge in [-0.25, -0.2) is 112 Å². The average molecular weight is 1840 g/mol. The summed E-state index contributed by atoms with van der Waals surface area (Å²) in [6.07, 6.45) is -20.6. The zero-order valence-corrected chi connectivity index (χ0v) is 70.7. The lowest BCUT2D eigenvalue weighted by Crippen LogP contribution is -2.59. The van der Waals surface area contributed by atoms with Gasteiger partial charge >= 0.3 is 104 Å². The largest absolute Gasteiger partial charge is 0.462 e. The highest BCUT2D eigenvalue weighted by Gasteiger charge is 2.30. The number of ether oxygens (including phenoxy) is 6. The summed E-state index contributed by atoms with van der Waals surface area (Å²) < 4.78 is 33.4. The predicted octanol–water partition coefficient (Wildman–Crippen LogP) is -4.19. The maximum Gasteiger partial charge on any atom is 0.336 e. The molecule has 10 aromatic rings. The summed E-state index contributed by atoms with van der Waals surface area (Å²) in [5, 5.41) is 101. The molecule has 132 heavy (non-hydrogen) atoms. The van der Waals surface area contributed by atoms with Crippen molar-refractivity contribution in [1.82, 2.24) is 54.8 Å². The Bertz CT molecular complexity index is 5510. The predicted molar refractivity (Wildman–Crippen MR) is 457 cm³/mol. The second kappa shape index (κ2) is 47.6. The number of aliphatic hydroxyl groups excluding tert-OH is 9. The molecule has 0 amide bonds. The van der Waals surface area contributed by atoms with Gasteiger partial charge in [0, 0.05) is 39.3 Å². The molecule has 10 rings (SSSR count). The molecule has 0 fully saturated rings. The van der Waals surface area contributed by atoms with Crippen LogP contribution in [0.3, 0.4) is 0 Å². The first-order valence-corrected chi connectivity index (χ1v) is 41.3. The van der Waals surface area contributed by atoms with Crippen LogP contribution in [0.2, 0.25) is 0 Å². The van der Waals surface area contributed by atoms with Gasteiger partial charge in [-0.15, -0.1) is 0 Å². The van der Waals surface area contributed by atoms with Crippen LogP contribution in [0.4, 0.5) is 0 Å². The Morgan fingerprint density at radius 3 is 0.432 bits per heavy atom. The molecular weight excluding hydrogens is 1740 g/mol. The molecule has 0 aliphatic heterocycles. The van der Waals surface area contributed by atoms with E-state index in [1.165, 1.54) is 72.8 Å². The molecule has 0 saturated heterocycles. The van der Waals surface area contributed by atoms with Crippen LogP contribution >= 0.6 is 0 Å². The molecule has 9 unspecified atom stereocenters. The Hall–Kier alpha value is -14.6. The third-order valence-corrected chi connectivity index (χ3v) is 20.7. The second-order valence-corrected chi connectivity index (χ2v) is 30.1. The van der Waals surface area contributed by atoms with E-state index < -0.39 is 316 Å². The molecule has 0 bridgehead atoms. The van der Waals surface area contributed by atoms with E-state index in [4.69, 9.17) is 28.4 Å². The van der Waals surface area contributed by atoms with Crippen molar-refractivity contribution in [2.45, 2.75) is 172 Å². The van der Waals surface area contributed by atoms with E-state index in [9.17, 15) is 118 Å². The number of carbonyl (C=O) groups is 6. The van der Waals surface area contributed by atoms with Gasteiger partial charge in [0.2, 0.25) is 0 Å². The van der Waals surface area contributed by atoms with E-state index in [0.29, 0.717) is 60.8 Å². The lowest BCUT2D eigenvalue weighted by Gasteiger charge is -2.21. The summed E-state index contributed by atoms with van der Waals surface area (Å²) in [4.78, 5) is 255. The van der Waals surface area contributed by atoms with Gasteiger partial charge in [0.15, 0.2) is 0 Å². The molecule has 0 aliphatic carbocycles. The van der Waals surface area contributed by atoms with Gasteiger partial charge in [0.1, 0.15) is 76.3 Å². The van der Waals surface area contributed by atoms with Gasteiger partial charge < -0.3 is 74.4 Å². The number of rotatable bonds is 48. The number of esters is 6. The summed E-state index contributed by atoms with van der Waals surface area (Å²) in [5.41, 5.74) is -17.7. The summed E-state index contributed by atoms with van der Waals surface area (Å²) in [6.45, 7) is -18.0. The fourth-order valence-corrected chi connectivity index (χ4v) is 13.6. The van der Waals surface area contributed by atoms with Gasteiger partial charge in [-0.2, -0.15) is 0 Å². The van der Waals surface area contributed by atoms with E-state index in [1.54, 1.807) is 109 Å². The van der Waals surface area contributed by atoms with Gasteiger partial charge in [-0.3, -0.25) is 28.8 Å². The molecule has 9 atom stereocenters. The molecular formula is C87H96N12O33. The Morgan fingerprint density at radius 2 is 0.303 bits per heavy atom. The van der Waals surface area contributed by atoms with Crippen molar-refractivity contribution < 1.29 is 103 Å². The first kappa shape index (κ1) is 99.6. The Labute approximate surface area is 743 Å². The van der Waals surface area contributed by atoms with Gasteiger partial charge in [-0.05, 0) is 33.4 Å². The zero-order valence-electron chi connectivity index (χ0n) is 70.7. The number of nitrogens with zero attached hydrogens (tertiary/aromatic N) is 12. The molecule has 9 N–H and O–H groups in total. The number of aromatic nitrogens is 12. The lowest BCUT2D eigenvalue weighted by atomic mass is 10.1. The van der Waals surface area contributed by atoms with Crippen molar-refractivity contribution in [3.63, 3.8) is 0 Å². The van der Waals surface area contributed by atoms with E-state index in [1.807, 2.05) is 0 Å². The van der Waals surface area contributed by atoms with Crippen LogP contribution in [-0.4, -0.2) is 195 Å². The number of hydrogen-bond donors (Lipinski definition) is 9. The number of benzene rings is 6. The third kappa shape index (κ3) is 26.8. The minimum atomic E-state index is -2.46. The van der Waals surface area contributed by atoms with Crippen LogP contribution in [0.5, 0.6) is 0 Å². The first-order chi connectivity index (χ1) is 63.2. The quantitative estimate of drug-likeness (QED) is 0.0129. The van der Waals surface area contributed by atoms with Gasteiger partial charge in [-0.1, -0.05) is 182 Å². The number of aliphatic hydroxyl groups is 9. The van der Waals surface area contributed by atoms with Crippen molar-refractivity contribution in [3.05, 3.63) is 341 Å². The van der Waals surface area contributed by atoms with Crippen LogP contribution in [0, 0.1) is 0 Å². The first-order valence-electron chi connectivity index (χ1n) is 41.3. The van der Waals surface area contributed by atoms with Gasteiger partial charge in [0.25, 0.3) is 0 Å². The van der Waals surface area contributed by atoms with Crippen LogP contribution < -0.4 is 68.3 Å². The highest BCUT2D eigenvalue weighted by molar-refractivity contribution is 5.71. The van der Waals surface area contributed by atoms with E-state index in [0.717, 1.165) is 0 Å². The van der Waals surface area contributed by atoms with Crippen LogP contribution in [0.15, 0.2) is 240 Å². The highest BCUT2D eigenvalue weighted by Crippen LogP contribution is 2.19. The summed E-state index contributed by atoms with van der Waals surface area (Å²) in [5.74, 6) is -6.74. The fourth-order valence-electron chi connectivity index (χ4n) is 13.6. The fraction of sp³-hybridized carbons (Fsp3) is 0.379. The van der Waals surface area contributed by atoms with Crippen LogP contribution in [-0.2, 0) is 136 Å². The maximum atomic E-state index is 15.1. The number of carbonyl (C=O) groups excluding carboxylic acids is 6. The van der Waals surface area contributed by atoms with Crippen molar-refractivity contribution in [2.24, 2.45) is 0 Å². The topological polar surface area (TPSA) is 604 Å². The number of hydrogen-bond acceptors (Lipinski definition) is 33. The van der Waals surface area contributed by atoms with E-state index >= 15 is 14.4 Å². The molecule has 4 aromatic heterocycles. The van der Waals surface area contributed by atoms with Crippen LogP contribution in [0.1, 0.15) is 109 Å². The zero-order chi connectivity index (χ0) is 95.4. The van der Waals surface area contributed by atoms with Crippen molar-refractivity contribution in [1.29, 1.82) is 0 Å². The molecule has 0 radical (unpaired) electrons. The molecule has 0 aliphatic rings. The normalized spacial score (nSPS) is 13.4. The maximum absolute atomic E-state index is 15.1. The Morgan fingerprint density at radius 1 is 0.189 bits per heavy atom. The minimum Gasteiger partial charge on any atom is -0.462 e. The Kier molecular flexibility index (Phi) is 35.9. The monoisotopic (exact) mass is 1840 g/mol. The second-order valence-electron chi connectivity index (χ2n) is 30.1. The van der Waals surface area contributed by atoms with E-state index in [-0.39, 0.29) is 27.4 Å². The lowest BCUT2D eigenvalue weighted by molar-refractivity contribution is -0.148. The van der Waals surface area contributed by atoms with Gasteiger partial charge in [0.05, 0.1) is 96.1 Å². The SMILES string of the molecule is O=C(CCn1c(=O)n(CCC(=O)OCC(O)c2ccccc2)c(=O)n(CC(O)Cn2c(=O)n(CC(O)Cn3c(=O)n(CCC(=O)OCC(O)c4ccccc4)c(=O)n(CCC(=O)OCC(O)c4ccccc4)c3=O)c(=O)n(CC(O)Cn3c(=O)n(CCC(=O)OCC(O)c4ccccc4)c(=O)n(CCC(=O)OCC(O)c4ccccc4)c3=O)c2=O)c1=O)OCC(O)c1ccccc1. The summed E-state index contributed by atoms with van der Waals surface area (Å²) in [6, 6.07) is 47.2. The molecule has 45 heteroatoms.